The number of benzene rings is 1. The van der Waals surface area contributed by atoms with Gasteiger partial charge in [-0.25, -0.2) is 0 Å². The Kier molecular flexibility index (Phi) is 11.0. The molecule has 1 N–H and O–H groups in total. The zero-order chi connectivity index (χ0) is 15.2. The second-order valence-electron chi connectivity index (χ2n) is 5.22. The van der Waals surface area contributed by atoms with E-state index < -0.39 is 0 Å². The predicted octanol–water partition coefficient (Wildman–Crippen LogP) is 5.14. The fourth-order valence-electron chi connectivity index (χ4n) is 2.04. The summed E-state index contributed by atoms with van der Waals surface area (Å²) in [5.74, 6) is 1.67. The molecule has 130 valence electrons. The number of hydrogen-bond donors (Lipinski definition) is 1. The van der Waals surface area contributed by atoms with Crippen LogP contribution in [0.25, 0.3) is 11.3 Å². The minimum atomic E-state index is 0. The van der Waals surface area contributed by atoms with Gasteiger partial charge in [0.1, 0.15) is 11.5 Å². The van der Waals surface area contributed by atoms with E-state index in [-0.39, 0.29) is 24.8 Å². The molecule has 7 heteroatoms. The minimum Gasteiger partial charge on any atom is -0.460 e. The first kappa shape index (κ1) is 22.6. The van der Waals surface area contributed by atoms with Crippen LogP contribution in [0.15, 0.2) is 34.7 Å². The lowest BCUT2D eigenvalue weighted by Crippen LogP contribution is -2.20. The van der Waals surface area contributed by atoms with Crippen molar-refractivity contribution in [1.82, 2.24) is 10.2 Å². The third-order valence-corrected chi connectivity index (χ3v) is 3.66. The summed E-state index contributed by atoms with van der Waals surface area (Å²) in [4.78, 5) is 2.18. The van der Waals surface area contributed by atoms with Crippen molar-refractivity contribution in [3.8, 4) is 11.3 Å². The molecule has 0 saturated carbocycles. The molecular formula is C16H22Cl4N2O. The summed E-state index contributed by atoms with van der Waals surface area (Å²) < 4.78 is 5.82. The van der Waals surface area contributed by atoms with Gasteiger partial charge in [0, 0.05) is 10.6 Å². The molecule has 0 aliphatic heterocycles. The van der Waals surface area contributed by atoms with Crippen LogP contribution in [-0.4, -0.2) is 32.1 Å². The molecule has 0 spiro atoms. The Balaban J connectivity index is 0.00000242. The van der Waals surface area contributed by atoms with Gasteiger partial charge in [-0.15, -0.1) is 24.8 Å². The second-order valence-corrected chi connectivity index (χ2v) is 6.07. The van der Waals surface area contributed by atoms with Crippen molar-refractivity contribution in [1.29, 1.82) is 0 Å². The van der Waals surface area contributed by atoms with E-state index in [4.69, 9.17) is 27.6 Å². The van der Waals surface area contributed by atoms with Crippen LogP contribution in [0.3, 0.4) is 0 Å². The van der Waals surface area contributed by atoms with Crippen LogP contribution >= 0.6 is 48.0 Å². The van der Waals surface area contributed by atoms with Gasteiger partial charge in [-0.2, -0.15) is 0 Å². The summed E-state index contributed by atoms with van der Waals surface area (Å²) in [5, 5.41) is 4.59. The lowest BCUT2D eigenvalue weighted by Gasteiger charge is -2.09. The molecule has 0 bridgehead atoms. The first-order valence-electron chi connectivity index (χ1n) is 6.96. The van der Waals surface area contributed by atoms with Gasteiger partial charge < -0.3 is 14.6 Å². The van der Waals surface area contributed by atoms with Crippen molar-refractivity contribution in [2.24, 2.45) is 0 Å². The van der Waals surface area contributed by atoms with Gasteiger partial charge in [0.25, 0.3) is 0 Å². The number of furan rings is 1. The first-order valence-corrected chi connectivity index (χ1v) is 7.71. The van der Waals surface area contributed by atoms with Gasteiger partial charge in [0.05, 0.1) is 11.6 Å². The lowest BCUT2D eigenvalue weighted by atomic mass is 10.2. The molecular weight excluding hydrogens is 378 g/mol. The van der Waals surface area contributed by atoms with E-state index in [2.05, 4.69) is 24.3 Å². The predicted molar refractivity (Wildman–Crippen MR) is 104 cm³/mol. The lowest BCUT2D eigenvalue weighted by molar-refractivity contribution is 0.391. The van der Waals surface area contributed by atoms with Crippen LogP contribution in [0, 0.1) is 0 Å². The van der Waals surface area contributed by atoms with Gasteiger partial charge in [-0.3, -0.25) is 0 Å². The van der Waals surface area contributed by atoms with Crippen LogP contribution in [0.1, 0.15) is 12.2 Å². The highest BCUT2D eigenvalue weighted by Crippen LogP contribution is 2.31. The molecule has 1 aromatic carbocycles. The highest BCUT2D eigenvalue weighted by Gasteiger charge is 2.09. The van der Waals surface area contributed by atoms with E-state index in [9.17, 15) is 0 Å². The van der Waals surface area contributed by atoms with Crippen molar-refractivity contribution in [3.05, 3.63) is 46.1 Å². The van der Waals surface area contributed by atoms with Crippen LogP contribution in [0.2, 0.25) is 10.0 Å². The Bertz CT molecular complexity index is 587. The van der Waals surface area contributed by atoms with Crippen molar-refractivity contribution >= 4 is 48.0 Å². The summed E-state index contributed by atoms with van der Waals surface area (Å²) in [6.45, 7) is 2.77. The molecule has 1 aromatic heterocycles. The van der Waals surface area contributed by atoms with Crippen molar-refractivity contribution in [2.75, 3.05) is 27.2 Å². The van der Waals surface area contributed by atoms with E-state index >= 15 is 0 Å². The summed E-state index contributed by atoms with van der Waals surface area (Å²) >= 11 is 12.1. The van der Waals surface area contributed by atoms with Crippen LogP contribution in [0.5, 0.6) is 0 Å². The Morgan fingerprint density at radius 2 is 1.83 bits per heavy atom. The molecule has 0 amide bonds. The molecule has 0 aliphatic rings. The molecule has 2 rings (SSSR count). The summed E-state index contributed by atoms with van der Waals surface area (Å²) in [5.41, 5.74) is 0.861. The largest absolute Gasteiger partial charge is 0.460 e. The molecule has 0 saturated heterocycles. The van der Waals surface area contributed by atoms with E-state index in [1.165, 1.54) is 0 Å². The van der Waals surface area contributed by atoms with Gasteiger partial charge in [-0.1, -0.05) is 23.2 Å². The fraction of sp³-hybridized carbons (Fsp3) is 0.375. The number of rotatable bonds is 7. The number of halogens is 4. The Morgan fingerprint density at radius 3 is 2.48 bits per heavy atom. The topological polar surface area (TPSA) is 28.4 Å². The standard InChI is InChI=1S/C16H20Cl2N2O.2ClH/c1-20(2)9-3-8-19-11-13-5-7-16(21-13)14-6-4-12(17)10-15(14)18;;/h4-7,10,19H,3,8-9,11H2,1-2H3;2*1H. The smallest absolute Gasteiger partial charge is 0.135 e. The normalized spacial score (nSPS) is 10.3. The van der Waals surface area contributed by atoms with Gasteiger partial charge >= 0.3 is 0 Å². The quantitative estimate of drug-likeness (QED) is 0.653. The molecule has 0 fully saturated rings. The molecule has 3 nitrogen and oxygen atoms in total. The van der Waals surface area contributed by atoms with Gasteiger partial charge in [0.15, 0.2) is 0 Å². The highest BCUT2D eigenvalue weighted by atomic mass is 35.5. The van der Waals surface area contributed by atoms with E-state index in [0.717, 1.165) is 43.1 Å². The summed E-state index contributed by atoms with van der Waals surface area (Å²) in [6.07, 6.45) is 1.11. The second kappa shape index (κ2) is 11.2. The third-order valence-electron chi connectivity index (χ3n) is 3.12. The summed E-state index contributed by atoms with van der Waals surface area (Å²) in [7, 11) is 4.16. The van der Waals surface area contributed by atoms with Gasteiger partial charge in [0.2, 0.25) is 0 Å². The molecule has 2 aromatic rings. The molecule has 0 atom stereocenters. The maximum Gasteiger partial charge on any atom is 0.135 e. The average Bonchev–Trinajstić information content (AvgIpc) is 2.86. The number of hydrogen-bond acceptors (Lipinski definition) is 3. The SMILES string of the molecule is CN(C)CCCNCc1ccc(-c2ccc(Cl)cc2Cl)o1.Cl.Cl. The molecule has 0 unspecified atom stereocenters. The van der Waals surface area contributed by atoms with E-state index in [1.807, 2.05) is 24.3 Å². The Morgan fingerprint density at radius 1 is 1.09 bits per heavy atom. The zero-order valence-corrected chi connectivity index (χ0v) is 16.3. The van der Waals surface area contributed by atoms with Crippen LogP contribution < -0.4 is 5.32 Å². The van der Waals surface area contributed by atoms with Crippen molar-refractivity contribution in [2.45, 2.75) is 13.0 Å². The molecule has 0 radical (unpaired) electrons. The van der Waals surface area contributed by atoms with Gasteiger partial charge in [-0.05, 0) is 63.9 Å². The minimum absolute atomic E-state index is 0. The van der Waals surface area contributed by atoms with Crippen molar-refractivity contribution in [3.63, 3.8) is 0 Å². The van der Waals surface area contributed by atoms with Crippen molar-refractivity contribution < 1.29 is 4.42 Å². The first-order chi connectivity index (χ1) is 10.1. The van der Waals surface area contributed by atoms with Crippen LogP contribution in [-0.2, 0) is 6.54 Å². The number of nitrogens with zero attached hydrogens (tertiary/aromatic N) is 1. The van der Waals surface area contributed by atoms with E-state index in [1.54, 1.807) is 6.07 Å². The highest BCUT2D eigenvalue weighted by molar-refractivity contribution is 6.36. The fourth-order valence-corrected chi connectivity index (χ4v) is 2.54. The number of nitrogens with one attached hydrogen (secondary N) is 1. The summed E-state index contributed by atoms with van der Waals surface area (Å²) in [6, 6.07) is 9.31. The maximum atomic E-state index is 6.18. The van der Waals surface area contributed by atoms with Crippen LogP contribution in [0.4, 0.5) is 0 Å². The molecule has 1 heterocycles. The Hall–Kier alpha value is -0.420. The molecule has 23 heavy (non-hydrogen) atoms. The molecule has 0 aliphatic carbocycles. The Labute approximate surface area is 160 Å². The van der Waals surface area contributed by atoms with E-state index in [0.29, 0.717) is 10.0 Å². The zero-order valence-electron chi connectivity index (χ0n) is 13.1. The maximum absolute atomic E-state index is 6.18. The average molecular weight is 400 g/mol. The third kappa shape index (κ3) is 7.34. The monoisotopic (exact) mass is 398 g/mol.